The molecule has 0 radical (unpaired) electrons. The zero-order chi connectivity index (χ0) is 16.2. The van der Waals surface area contributed by atoms with Gasteiger partial charge >= 0.3 is 0 Å². The van der Waals surface area contributed by atoms with Crippen molar-refractivity contribution in [1.29, 1.82) is 0 Å². The minimum atomic E-state index is -0.287. The molecule has 3 rings (SSSR count). The second-order valence-corrected chi connectivity index (χ2v) is 5.12. The molecule has 0 aliphatic carbocycles. The smallest absolute Gasteiger partial charge is 0.244 e. The number of para-hydroxylation sites is 2. The minimum Gasteiger partial charge on any atom is -0.492 e. The van der Waals surface area contributed by atoms with Crippen LogP contribution in [0.15, 0.2) is 54.7 Å². The highest BCUT2D eigenvalue weighted by atomic mass is 19.1. The summed E-state index contributed by atoms with van der Waals surface area (Å²) in [6, 6.07) is 13.6. The van der Waals surface area contributed by atoms with Gasteiger partial charge in [-0.25, -0.2) is 4.39 Å². The molecule has 0 saturated heterocycles. The van der Waals surface area contributed by atoms with E-state index in [-0.39, 0.29) is 18.3 Å². The Hall–Kier alpha value is -2.82. The van der Waals surface area contributed by atoms with Crippen LogP contribution >= 0.6 is 0 Å². The summed E-state index contributed by atoms with van der Waals surface area (Å²) in [6.07, 6.45) is 1.78. The number of halogens is 1. The molecule has 23 heavy (non-hydrogen) atoms. The van der Waals surface area contributed by atoms with Crippen molar-refractivity contribution in [2.24, 2.45) is 0 Å². The average Bonchev–Trinajstić information content (AvgIpc) is 2.91. The number of hydrogen-bond donors (Lipinski definition) is 1. The fourth-order valence-corrected chi connectivity index (χ4v) is 2.50. The first-order valence-electron chi connectivity index (χ1n) is 7.43. The van der Waals surface area contributed by atoms with Crippen LogP contribution in [-0.4, -0.2) is 17.1 Å². The van der Waals surface area contributed by atoms with Crippen LogP contribution in [0.1, 0.15) is 6.92 Å². The minimum absolute atomic E-state index is 0.148. The fraction of sp³-hybridized carbons (Fsp3) is 0.167. The van der Waals surface area contributed by atoms with Crippen LogP contribution in [0.3, 0.4) is 0 Å². The second kappa shape index (κ2) is 6.52. The van der Waals surface area contributed by atoms with Crippen molar-refractivity contribution in [3.8, 4) is 5.75 Å². The van der Waals surface area contributed by atoms with E-state index in [0.717, 1.165) is 10.9 Å². The van der Waals surface area contributed by atoms with E-state index in [1.165, 1.54) is 12.1 Å². The van der Waals surface area contributed by atoms with Crippen LogP contribution in [0, 0.1) is 5.82 Å². The molecule has 0 saturated carbocycles. The standard InChI is InChI=1S/C18H17FN2O2/c1-2-23-17-6-4-3-5-15(17)20-18(22)12-21-10-9-13-11-14(19)7-8-16(13)21/h3-11H,2,12H2,1H3,(H,20,22). The number of nitrogens with one attached hydrogen (secondary N) is 1. The third-order valence-electron chi connectivity index (χ3n) is 3.51. The van der Waals surface area contributed by atoms with Gasteiger partial charge in [0, 0.05) is 17.1 Å². The van der Waals surface area contributed by atoms with Crippen molar-refractivity contribution in [3.05, 3.63) is 60.5 Å². The van der Waals surface area contributed by atoms with Gasteiger partial charge in [-0.2, -0.15) is 0 Å². The van der Waals surface area contributed by atoms with Crippen molar-refractivity contribution in [1.82, 2.24) is 4.57 Å². The largest absolute Gasteiger partial charge is 0.492 e. The van der Waals surface area contributed by atoms with Gasteiger partial charge in [0.2, 0.25) is 5.91 Å². The van der Waals surface area contributed by atoms with Gasteiger partial charge in [0.1, 0.15) is 18.1 Å². The Bertz CT molecular complexity index is 842. The van der Waals surface area contributed by atoms with E-state index < -0.39 is 0 Å². The van der Waals surface area contributed by atoms with Crippen LogP contribution in [0.25, 0.3) is 10.9 Å². The molecule has 4 nitrogen and oxygen atoms in total. The van der Waals surface area contributed by atoms with Gasteiger partial charge in [0.05, 0.1) is 12.3 Å². The first kappa shape index (κ1) is 15.1. The molecule has 1 amide bonds. The van der Waals surface area contributed by atoms with Crippen LogP contribution in [-0.2, 0) is 11.3 Å². The first-order valence-corrected chi connectivity index (χ1v) is 7.43. The molecule has 1 aromatic heterocycles. The van der Waals surface area contributed by atoms with Gasteiger partial charge in [0.15, 0.2) is 0 Å². The monoisotopic (exact) mass is 312 g/mol. The molecular weight excluding hydrogens is 295 g/mol. The molecule has 5 heteroatoms. The maximum atomic E-state index is 13.2. The third-order valence-corrected chi connectivity index (χ3v) is 3.51. The number of aromatic nitrogens is 1. The van der Waals surface area contributed by atoms with Crippen LogP contribution in [0.4, 0.5) is 10.1 Å². The van der Waals surface area contributed by atoms with E-state index in [1.54, 1.807) is 29.0 Å². The lowest BCUT2D eigenvalue weighted by atomic mass is 10.2. The Morgan fingerprint density at radius 2 is 2.04 bits per heavy atom. The molecule has 0 spiro atoms. The van der Waals surface area contributed by atoms with E-state index in [0.29, 0.717) is 18.0 Å². The lowest BCUT2D eigenvalue weighted by Gasteiger charge is -2.12. The van der Waals surface area contributed by atoms with Crippen LogP contribution in [0.5, 0.6) is 5.75 Å². The van der Waals surface area contributed by atoms with Crippen molar-refractivity contribution in [2.75, 3.05) is 11.9 Å². The van der Waals surface area contributed by atoms with Crippen molar-refractivity contribution in [2.45, 2.75) is 13.5 Å². The van der Waals surface area contributed by atoms with Gasteiger partial charge in [0.25, 0.3) is 0 Å². The maximum Gasteiger partial charge on any atom is 0.244 e. The van der Waals surface area contributed by atoms with E-state index in [1.807, 2.05) is 25.1 Å². The van der Waals surface area contributed by atoms with Crippen LogP contribution < -0.4 is 10.1 Å². The van der Waals surface area contributed by atoms with Gasteiger partial charge in [-0.15, -0.1) is 0 Å². The number of carbonyl (C=O) groups is 1. The summed E-state index contributed by atoms with van der Waals surface area (Å²) < 4.78 is 20.5. The lowest BCUT2D eigenvalue weighted by Crippen LogP contribution is -2.18. The summed E-state index contributed by atoms with van der Waals surface area (Å²) in [6.45, 7) is 2.57. The number of benzene rings is 2. The highest BCUT2D eigenvalue weighted by molar-refractivity contribution is 5.93. The molecule has 1 N–H and O–H groups in total. The van der Waals surface area contributed by atoms with Crippen molar-refractivity contribution < 1.29 is 13.9 Å². The molecule has 0 aliphatic heterocycles. The fourth-order valence-electron chi connectivity index (χ4n) is 2.50. The van der Waals surface area contributed by atoms with E-state index >= 15 is 0 Å². The van der Waals surface area contributed by atoms with Gasteiger partial charge < -0.3 is 14.6 Å². The van der Waals surface area contributed by atoms with Gasteiger partial charge in [-0.1, -0.05) is 12.1 Å². The molecule has 0 unspecified atom stereocenters. The molecular formula is C18H17FN2O2. The Morgan fingerprint density at radius 1 is 1.22 bits per heavy atom. The second-order valence-electron chi connectivity index (χ2n) is 5.12. The average molecular weight is 312 g/mol. The lowest BCUT2D eigenvalue weighted by molar-refractivity contribution is -0.116. The summed E-state index contributed by atoms with van der Waals surface area (Å²) >= 11 is 0. The number of rotatable bonds is 5. The molecule has 0 fully saturated rings. The quantitative estimate of drug-likeness (QED) is 0.778. The Labute approximate surface area is 133 Å². The molecule has 3 aromatic rings. The maximum absolute atomic E-state index is 13.2. The number of ether oxygens (including phenoxy) is 1. The molecule has 0 bridgehead atoms. The highest BCUT2D eigenvalue weighted by Crippen LogP contribution is 2.24. The SMILES string of the molecule is CCOc1ccccc1NC(=O)Cn1ccc2cc(F)ccc21. The number of hydrogen-bond acceptors (Lipinski definition) is 2. The summed E-state index contributed by atoms with van der Waals surface area (Å²) in [7, 11) is 0. The number of nitrogens with zero attached hydrogens (tertiary/aromatic N) is 1. The van der Waals surface area contributed by atoms with E-state index in [2.05, 4.69) is 5.32 Å². The summed E-state index contributed by atoms with van der Waals surface area (Å²) in [4.78, 5) is 12.3. The zero-order valence-corrected chi connectivity index (χ0v) is 12.8. The predicted octanol–water partition coefficient (Wildman–Crippen LogP) is 3.82. The van der Waals surface area contributed by atoms with E-state index in [9.17, 15) is 9.18 Å². The summed E-state index contributed by atoms with van der Waals surface area (Å²) in [5, 5.41) is 3.62. The molecule has 0 atom stereocenters. The molecule has 0 aliphatic rings. The number of amides is 1. The normalized spacial score (nSPS) is 10.7. The Morgan fingerprint density at radius 3 is 2.87 bits per heavy atom. The first-order chi connectivity index (χ1) is 11.2. The topological polar surface area (TPSA) is 43.3 Å². The summed E-state index contributed by atoms with van der Waals surface area (Å²) in [5.41, 5.74) is 1.46. The Balaban J connectivity index is 1.76. The van der Waals surface area contributed by atoms with Crippen molar-refractivity contribution in [3.63, 3.8) is 0 Å². The number of fused-ring (bicyclic) bond motifs is 1. The molecule has 1 heterocycles. The molecule has 118 valence electrons. The van der Waals surface area contributed by atoms with E-state index in [4.69, 9.17) is 4.74 Å². The van der Waals surface area contributed by atoms with Crippen LogP contribution in [0.2, 0.25) is 0 Å². The summed E-state index contributed by atoms with van der Waals surface area (Å²) in [5.74, 6) is 0.187. The number of carbonyl (C=O) groups excluding carboxylic acids is 1. The zero-order valence-electron chi connectivity index (χ0n) is 12.8. The van der Waals surface area contributed by atoms with Gasteiger partial charge in [-0.05, 0) is 43.3 Å². The number of anilines is 1. The van der Waals surface area contributed by atoms with Crippen molar-refractivity contribution >= 4 is 22.5 Å². The predicted molar refractivity (Wildman–Crippen MR) is 88.1 cm³/mol. The molecule has 2 aromatic carbocycles. The Kier molecular flexibility index (Phi) is 4.28. The third kappa shape index (κ3) is 3.34. The highest BCUT2D eigenvalue weighted by Gasteiger charge is 2.10. The van der Waals surface area contributed by atoms with Gasteiger partial charge in [-0.3, -0.25) is 4.79 Å².